The van der Waals surface area contributed by atoms with Gasteiger partial charge in [-0.2, -0.15) is 10.1 Å². The van der Waals surface area contributed by atoms with E-state index in [4.69, 9.17) is 14.6 Å². The number of hydrogen-bond donors (Lipinski definition) is 1. The molecule has 0 unspecified atom stereocenters. The molecule has 34 heavy (non-hydrogen) atoms. The normalized spacial score (nSPS) is 14.2. The molecule has 3 aromatic rings. The molecule has 0 atom stereocenters. The van der Waals surface area contributed by atoms with E-state index in [1.54, 1.807) is 55.5 Å². The van der Waals surface area contributed by atoms with Gasteiger partial charge in [0, 0.05) is 0 Å². The molecular weight excluding hydrogens is 436 g/mol. The van der Waals surface area contributed by atoms with E-state index in [1.807, 2.05) is 6.07 Å². The molecule has 0 aliphatic carbocycles. The zero-order valence-electron chi connectivity index (χ0n) is 18.4. The molecule has 0 saturated carbocycles. The van der Waals surface area contributed by atoms with Crippen LogP contribution in [0.5, 0.6) is 11.5 Å². The molecule has 1 amide bonds. The second kappa shape index (κ2) is 9.41. The lowest BCUT2D eigenvalue weighted by atomic mass is 10.1. The van der Waals surface area contributed by atoms with Gasteiger partial charge in [0.2, 0.25) is 0 Å². The van der Waals surface area contributed by atoms with Crippen molar-refractivity contribution in [3.05, 3.63) is 95.1 Å². The number of carboxylic acids is 1. The van der Waals surface area contributed by atoms with E-state index in [1.165, 1.54) is 36.4 Å². The van der Waals surface area contributed by atoms with E-state index in [-0.39, 0.29) is 17.2 Å². The summed E-state index contributed by atoms with van der Waals surface area (Å²) in [6.45, 7) is 1.71. The van der Waals surface area contributed by atoms with E-state index < -0.39 is 11.9 Å². The molecule has 1 aliphatic rings. The first-order valence-corrected chi connectivity index (χ1v) is 10.3. The lowest BCUT2D eigenvalue weighted by molar-refractivity contribution is -0.114. The Labute approximate surface area is 195 Å². The molecule has 0 radical (unpaired) electrons. The average Bonchev–Trinajstić information content (AvgIpc) is 3.13. The Morgan fingerprint density at radius 3 is 2.29 bits per heavy atom. The lowest BCUT2D eigenvalue weighted by Gasteiger charge is -2.12. The number of hydrogen-bond acceptors (Lipinski definition) is 6. The Hall–Kier alpha value is -4.72. The summed E-state index contributed by atoms with van der Waals surface area (Å²) in [6.07, 6.45) is 1.66. The Morgan fingerprint density at radius 2 is 1.65 bits per heavy atom. The highest BCUT2D eigenvalue weighted by Gasteiger charge is 2.29. The van der Waals surface area contributed by atoms with E-state index in [0.717, 1.165) is 0 Å². The van der Waals surface area contributed by atoms with Crippen LogP contribution in [0.25, 0.3) is 6.08 Å². The lowest BCUT2D eigenvalue weighted by Crippen LogP contribution is -2.21. The van der Waals surface area contributed by atoms with Crippen LogP contribution in [-0.4, -0.2) is 35.8 Å². The highest BCUT2D eigenvalue weighted by Crippen LogP contribution is 2.31. The van der Waals surface area contributed by atoms with Crippen molar-refractivity contribution < 1.29 is 29.0 Å². The van der Waals surface area contributed by atoms with Gasteiger partial charge in [0.25, 0.3) is 5.91 Å². The second-order valence-electron chi connectivity index (χ2n) is 7.38. The third-order valence-corrected chi connectivity index (χ3v) is 5.13. The molecule has 0 bridgehead atoms. The minimum Gasteiger partial charge on any atom is -0.493 e. The van der Waals surface area contributed by atoms with E-state index >= 15 is 0 Å². The van der Waals surface area contributed by atoms with Gasteiger partial charge in [0.05, 0.1) is 35.2 Å². The number of ether oxygens (including phenoxy) is 2. The van der Waals surface area contributed by atoms with Crippen molar-refractivity contribution in [2.45, 2.75) is 6.92 Å². The zero-order valence-corrected chi connectivity index (χ0v) is 18.4. The van der Waals surface area contributed by atoms with Gasteiger partial charge < -0.3 is 14.6 Å². The number of benzene rings is 3. The van der Waals surface area contributed by atoms with Gasteiger partial charge in [-0.05, 0) is 67.1 Å². The second-order valence-corrected chi connectivity index (χ2v) is 7.38. The maximum absolute atomic E-state index is 13.0. The summed E-state index contributed by atoms with van der Waals surface area (Å²) in [4.78, 5) is 36.4. The molecule has 3 aromatic carbocycles. The van der Waals surface area contributed by atoms with Crippen molar-refractivity contribution in [1.82, 2.24) is 0 Å². The molecule has 1 heterocycles. The van der Waals surface area contributed by atoms with Crippen molar-refractivity contribution >= 4 is 35.3 Å². The first-order chi connectivity index (χ1) is 16.4. The molecule has 8 heteroatoms. The summed E-state index contributed by atoms with van der Waals surface area (Å²) >= 11 is 0. The summed E-state index contributed by atoms with van der Waals surface area (Å²) in [5.41, 5.74) is 2.52. The maximum atomic E-state index is 13.0. The number of aromatic carboxylic acids is 1. The molecule has 4 rings (SSSR count). The van der Waals surface area contributed by atoms with E-state index in [9.17, 15) is 14.4 Å². The standard InChI is InChI=1S/C26H20N2O6/c1-16-21(24(29)28(27-16)20-11-9-18(10-12-20)25(30)31)14-17-8-13-22(23(15-17)33-2)34-26(32)19-6-4-3-5-7-19/h3-15H,1-2H3,(H,30,31)/b21-14+. The first-order valence-electron chi connectivity index (χ1n) is 10.3. The van der Waals surface area contributed by atoms with Gasteiger partial charge in [0.15, 0.2) is 11.5 Å². The van der Waals surface area contributed by atoms with E-state index in [2.05, 4.69) is 5.10 Å². The first kappa shape index (κ1) is 22.5. The number of methoxy groups -OCH3 is 1. The molecule has 0 fully saturated rings. The molecule has 0 spiro atoms. The molecule has 0 aromatic heterocycles. The van der Waals surface area contributed by atoms with Crippen LogP contribution in [-0.2, 0) is 4.79 Å². The zero-order chi connectivity index (χ0) is 24.2. The third-order valence-electron chi connectivity index (χ3n) is 5.13. The minimum absolute atomic E-state index is 0.118. The largest absolute Gasteiger partial charge is 0.493 e. The van der Waals surface area contributed by atoms with Crippen LogP contribution in [0.15, 0.2) is 83.5 Å². The number of amides is 1. The minimum atomic E-state index is -1.05. The highest BCUT2D eigenvalue weighted by atomic mass is 16.6. The number of carbonyl (C=O) groups is 3. The summed E-state index contributed by atoms with van der Waals surface area (Å²) in [5.74, 6) is -1.32. The number of anilines is 1. The Kier molecular flexibility index (Phi) is 6.22. The third kappa shape index (κ3) is 4.56. The molecule has 1 aliphatic heterocycles. The Bertz CT molecular complexity index is 1330. The number of nitrogens with zero attached hydrogens (tertiary/aromatic N) is 2. The van der Waals surface area contributed by atoms with Gasteiger partial charge in [0.1, 0.15) is 0 Å². The fourth-order valence-electron chi connectivity index (χ4n) is 3.36. The number of carboxylic acid groups (broad SMARTS) is 1. The topological polar surface area (TPSA) is 106 Å². The van der Waals surface area contributed by atoms with Crippen LogP contribution < -0.4 is 14.5 Å². The molecule has 170 valence electrons. The quantitative estimate of drug-likeness (QED) is 0.334. The van der Waals surface area contributed by atoms with Crippen molar-refractivity contribution in [3.8, 4) is 11.5 Å². The summed E-state index contributed by atoms with van der Waals surface area (Å²) in [6, 6.07) is 19.5. The van der Waals surface area contributed by atoms with Gasteiger partial charge >= 0.3 is 11.9 Å². The number of esters is 1. The molecule has 0 saturated heterocycles. The smallest absolute Gasteiger partial charge is 0.343 e. The van der Waals surface area contributed by atoms with Crippen LogP contribution in [0, 0.1) is 0 Å². The van der Waals surface area contributed by atoms with Gasteiger partial charge in [-0.1, -0.05) is 24.3 Å². The van der Waals surface area contributed by atoms with Gasteiger partial charge in [-0.3, -0.25) is 4.79 Å². The predicted octanol–water partition coefficient (Wildman–Crippen LogP) is 4.42. The predicted molar refractivity (Wildman–Crippen MR) is 126 cm³/mol. The van der Waals surface area contributed by atoms with Crippen LogP contribution in [0.4, 0.5) is 5.69 Å². The molecule has 1 N–H and O–H groups in total. The molecular formula is C26H20N2O6. The van der Waals surface area contributed by atoms with Crippen LogP contribution >= 0.6 is 0 Å². The van der Waals surface area contributed by atoms with Crippen LogP contribution in [0.2, 0.25) is 0 Å². The Morgan fingerprint density at radius 1 is 0.941 bits per heavy atom. The van der Waals surface area contributed by atoms with Crippen molar-refractivity contribution in [1.29, 1.82) is 0 Å². The van der Waals surface area contributed by atoms with Crippen molar-refractivity contribution in [2.24, 2.45) is 5.10 Å². The number of hydrazone groups is 1. The van der Waals surface area contributed by atoms with Crippen LogP contribution in [0.1, 0.15) is 33.2 Å². The van der Waals surface area contributed by atoms with E-state index in [0.29, 0.717) is 33.8 Å². The highest BCUT2D eigenvalue weighted by molar-refractivity contribution is 6.32. The summed E-state index contributed by atoms with van der Waals surface area (Å²) < 4.78 is 10.8. The number of carbonyl (C=O) groups excluding carboxylic acids is 2. The average molecular weight is 456 g/mol. The fraction of sp³-hybridized carbons (Fsp3) is 0.0769. The summed E-state index contributed by atoms with van der Waals surface area (Å²) in [7, 11) is 1.46. The van der Waals surface area contributed by atoms with Gasteiger partial charge in [-0.15, -0.1) is 0 Å². The molecule has 8 nitrogen and oxygen atoms in total. The van der Waals surface area contributed by atoms with Gasteiger partial charge in [-0.25, -0.2) is 9.59 Å². The SMILES string of the molecule is COc1cc(/C=C2/C(=O)N(c3ccc(C(=O)O)cc3)N=C2C)ccc1OC(=O)c1ccccc1. The fourth-order valence-corrected chi connectivity index (χ4v) is 3.36. The van der Waals surface area contributed by atoms with Crippen LogP contribution in [0.3, 0.4) is 0 Å². The maximum Gasteiger partial charge on any atom is 0.343 e. The monoisotopic (exact) mass is 456 g/mol. The van der Waals surface area contributed by atoms with Crippen molar-refractivity contribution in [3.63, 3.8) is 0 Å². The Balaban J connectivity index is 1.56. The number of rotatable bonds is 6. The summed E-state index contributed by atoms with van der Waals surface area (Å²) in [5, 5.41) is 14.6. The van der Waals surface area contributed by atoms with Crippen molar-refractivity contribution in [2.75, 3.05) is 12.1 Å².